The zero-order chi connectivity index (χ0) is 22.8. The Labute approximate surface area is 182 Å². The van der Waals surface area contributed by atoms with Crippen molar-refractivity contribution in [3.05, 3.63) is 53.9 Å². The summed E-state index contributed by atoms with van der Waals surface area (Å²) in [7, 11) is 1.37. The zero-order valence-corrected chi connectivity index (χ0v) is 18.3. The van der Waals surface area contributed by atoms with Crippen molar-refractivity contribution >= 4 is 11.9 Å². The molecule has 0 unspecified atom stereocenters. The number of methoxy groups -OCH3 is 1. The summed E-state index contributed by atoms with van der Waals surface area (Å²) < 4.78 is 16.5. The molecule has 2 N–H and O–H groups in total. The van der Waals surface area contributed by atoms with Crippen LogP contribution in [0.1, 0.15) is 49.7 Å². The van der Waals surface area contributed by atoms with Gasteiger partial charge in [-0.15, -0.1) is 0 Å². The van der Waals surface area contributed by atoms with Gasteiger partial charge in [0.2, 0.25) is 0 Å². The van der Waals surface area contributed by atoms with Crippen LogP contribution in [-0.4, -0.2) is 47.3 Å². The second-order valence-electron chi connectivity index (χ2n) is 7.17. The number of amides is 1. The summed E-state index contributed by atoms with van der Waals surface area (Å²) in [6, 6.07) is 10.2. The highest BCUT2D eigenvalue weighted by Crippen LogP contribution is 2.27. The maximum atomic E-state index is 12.5. The zero-order valence-electron chi connectivity index (χ0n) is 18.3. The number of rotatable bonds is 11. The average molecular weight is 431 g/mol. The molecule has 3 atom stereocenters. The highest BCUT2D eigenvalue weighted by atomic mass is 16.6. The Morgan fingerprint density at radius 3 is 2.52 bits per heavy atom. The predicted octanol–water partition coefficient (Wildman–Crippen LogP) is 3.23. The van der Waals surface area contributed by atoms with Gasteiger partial charge in [-0.25, -0.2) is 9.78 Å². The fourth-order valence-corrected chi connectivity index (χ4v) is 2.97. The Balaban J connectivity index is 1.94. The molecule has 168 valence electrons. The van der Waals surface area contributed by atoms with Crippen molar-refractivity contribution < 1.29 is 28.9 Å². The van der Waals surface area contributed by atoms with Gasteiger partial charge in [0.1, 0.15) is 12.1 Å². The van der Waals surface area contributed by atoms with Crippen molar-refractivity contribution in [1.29, 1.82) is 0 Å². The first kappa shape index (κ1) is 24.1. The fraction of sp³-hybridized carbons (Fsp3) is 0.435. The number of aromatic nitrogens is 1. The molecule has 1 heterocycles. The number of benzene rings is 1. The highest BCUT2D eigenvalue weighted by molar-refractivity contribution is 5.97. The number of pyridine rings is 1. The molecule has 1 amide bonds. The van der Waals surface area contributed by atoms with E-state index in [1.807, 2.05) is 37.3 Å². The number of carbonyl (C=O) groups excluding carboxylic acids is 2. The van der Waals surface area contributed by atoms with Gasteiger partial charge in [0.05, 0.1) is 19.8 Å². The molecule has 8 nitrogen and oxygen atoms in total. The second-order valence-corrected chi connectivity index (χ2v) is 7.17. The van der Waals surface area contributed by atoms with Crippen molar-refractivity contribution in [3.8, 4) is 11.5 Å². The normalized spacial score (nSPS) is 13.7. The van der Waals surface area contributed by atoms with Crippen molar-refractivity contribution in [2.24, 2.45) is 0 Å². The van der Waals surface area contributed by atoms with Gasteiger partial charge in [-0.1, -0.05) is 43.7 Å². The summed E-state index contributed by atoms with van der Waals surface area (Å²) >= 11 is 0. The fourth-order valence-electron chi connectivity index (χ4n) is 2.97. The quantitative estimate of drug-likeness (QED) is 0.527. The summed E-state index contributed by atoms with van der Waals surface area (Å²) in [5.41, 5.74) is 0.801. The van der Waals surface area contributed by atoms with E-state index in [2.05, 4.69) is 10.3 Å². The Morgan fingerprint density at radius 1 is 1.16 bits per heavy atom. The second kappa shape index (κ2) is 11.9. The molecule has 0 aliphatic heterocycles. The molecule has 0 saturated carbocycles. The largest absolute Gasteiger partial charge is 0.503 e. The summed E-state index contributed by atoms with van der Waals surface area (Å²) in [4.78, 5) is 28.8. The third-order valence-electron chi connectivity index (χ3n) is 4.73. The number of ether oxygens (including phenoxy) is 3. The smallest absolute Gasteiger partial charge is 0.328 e. The third kappa shape index (κ3) is 6.96. The van der Waals surface area contributed by atoms with Crippen LogP contribution in [0.25, 0.3) is 0 Å². The Morgan fingerprint density at radius 2 is 1.87 bits per heavy atom. The lowest BCUT2D eigenvalue weighted by atomic mass is 10.1. The van der Waals surface area contributed by atoms with Crippen LogP contribution in [0.2, 0.25) is 0 Å². The van der Waals surface area contributed by atoms with Gasteiger partial charge < -0.3 is 24.6 Å². The van der Waals surface area contributed by atoms with Crippen molar-refractivity contribution in [2.75, 3.05) is 7.11 Å². The molecule has 8 heteroatoms. The van der Waals surface area contributed by atoms with Crippen molar-refractivity contribution in [3.63, 3.8) is 0 Å². The van der Waals surface area contributed by atoms with E-state index in [4.69, 9.17) is 14.2 Å². The van der Waals surface area contributed by atoms with Gasteiger partial charge in [0.25, 0.3) is 5.91 Å². The maximum Gasteiger partial charge on any atom is 0.328 e. The maximum absolute atomic E-state index is 12.5. The molecule has 0 spiro atoms. The van der Waals surface area contributed by atoms with E-state index in [9.17, 15) is 14.7 Å². The lowest BCUT2D eigenvalue weighted by molar-refractivity contribution is -0.159. The summed E-state index contributed by atoms with van der Waals surface area (Å²) in [6.45, 7) is 5.72. The molecule has 0 fully saturated rings. The van der Waals surface area contributed by atoms with E-state index in [0.29, 0.717) is 6.61 Å². The van der Waals surface area contributed by atoms with E-state index in [0.717, 1.165) is 18.4 Å². The van der Waals surface area contributed by atoms with Crippen LogP contribution < -0.4 is 10.1 Å². The standard InChI is InChI=1S/C23H30N2O6/c1-5-9-18(30-14-17-10-7-6-8-11-17)16(3)31-23(28)15(2)25-22(27)20-21(26)19(29-4)12-13-24-20/h6-8,10-13,15-16,18,26H,5,9,14H2,1-4H3,(H,25,27)/t15-,16-,18+/m0/s1. The van der Waals surface area contributed by atoms with Gasteiger partial charge in [0, 0.05) is 12.3 Å². The Kier molecular flexibility index (Phi) is 9.27. The molecular weight excluding hydrogens is 400 g/mol. The number of esters is 1. The third-order valence-corrected chi connectivity index (χ3v) is 4.73. The molecule has 31 heavy (non-hydrogen) atoms. The predicted molar refractivity (Wildman–Crippen MR) is 115 cm³/mol. The molecular formula is C23H30N2O6. The summed E-state index contributed by atoms with van der Waals surface area (Å²) in [5.74, 6) is -1.60. The molecule has 0 aliphatic rings. The summed E-state index contributed by atoms with van der Waals surface area (Å²) in [6.07, 6.45) is 2.15. The van der Waals surface area contributed by atoms with Crippen LogP contribution in [-0.2, 0) is 20.9 Å². The number of hydrogen-bond acceptors (Lipinski definition) is 7. The van der Waals surface area contributed by atoms with E-state index in [-0.39, 0.29) is 17.5 Å². The van der Waals surface area contributed by atoms with Crippen molar-refractivity contribution in [2.45, 2.75) is 58.5 Å². The van der Waals surface area contributed by atoms with E-state index in [1.54, 1.807) is 6.92 Å². The first-order chi connectivity index (χ1) is 14.9. The summed E-state index contributed by atoms with van der Waals surface area (Å²) in [5, 5.41) is 12.5. The molecule has 0 aliphatic carbocycles. The highest BCUT2D eigenvalue weighted by Gasteiger charge is 2.26. The minimum absolute atomic E-state index is 0.113. The minimum Gasteiger partial charge on any atom is -0.503 e. The number of carbonyl (C=O) groups is 2. The molecule has 0 bridgehead atoms. The Bertz CT molecular complexity index is 858. The average Bonchev–Trinajstić information content (AvgIpc) is 2.77. The molecule has 1 aromatic heterocycles. The topological polar surface area (TPSA) is 107 Å². The van der Waals surface area contributed by atoms with Crippen LogP contribution in [0.5, 0.6) is 11.5 Å². The number of nitrogens with one attached hydrogen (secondary N) is 1. The lowest BCUT2D eigenvalue weighted by Crippen LogP contribution is -2.42. The van der Waals surface area contributed by atoms with Crippen LogP contribution in [0.4, 0.5) is 0 Å². The van der Waals surface area contributed by atoms with E-state index < -0.39 is 29.8 Å². The molecule has 1 aromatic carbocycles. The first-order valence-corrected chi connectivity index (χ1v) is 10.3. The van der Waals surface area contributed by atoms with Crippen LogP contribution in [0, 0.1) is 0 Å². The minimum atomic E-state index is -0.946. The monoisotopic (exact) mass is 430 g/mol. The Hall–Kier alpha value is -3.13. The molecule has 2 rings (SSSR count). The van der Waals surface area contributed by atoms with Crippen LogP contribution in [0.3, 0.4) is 0 Å². The van der Waals surface area contributed by atoms with Gasteiger partial charge in [-0.2, -0.15) is 0 Å². The van der Waals surface area contributed by atoms with E-state index in [1.165, 1.54) is 26.3 Å². The van der Waals surface area contributed by atoms with Gasteiger partial charge in [-0.05, 0) is 25.8 Å². The number of nitrogens with zero attached hydrogens (tertiary/aromatic N) is 1. The van der Waals surface area contributed by atoms with Gasteiger partial charge >= 0.3 is 5.97 Å². The molecule has 2 aromatic rings. The van der Waals surface area contributed by atoms with E-state index >= 15 is 0 Å². The first-order valence-electron chi connectivity index (χ1n) is 10.3. The number of hydrogen-bond donors (Lipinski definition) is 2. The molecule has 0 saturated heterocycles. The number of aromatic hydroxyl groups is 1. The van der Waals surface area contributed by atoms with Gasteiger partial charge in [-0.3, -0.25) is 4.79 Å². The lowest BCUT2D eigenvalue weighted by Gasteiger charge is -2.25. The van der Waals surface area contributed by atoms with Crippen LogP contribution >= 0.6 is 0 Å². The van der Waals surface area contributed by atoms with Crippen molar-refractivity contribution in [1.82, 2.24) is 10.3 Å². The van der Waals surface area contributed by atoms with Crippen LogP contribution in [0.15, 0.2) is 42.6 Å². The molecule has 0 radical (unpaired) electrons. The van der Waals surface area contributed by atoms with Gasteiger partial charge in [0.15, 0.2) is 17.2 Å². The SMILES string of the molecule is CCC[C@@H](OCc1ccccc1)[C@H](C)OC(=O)[C@H](C)NC(=O)c1nccc(OC)c1O.